The molecule has 0 radical (unpaired) electrons. The summed E-state index contributed by atoms with van der Waals surface area (Å²) in [6.07, 6.45) is 5.72. The van der Waals surface area contributed by atoms with Crippen molar-refractivity contribution in [3.05, 3.63) is 12.2 Å². The molecule has 1 heterocycles. The zero-order chi connectivity index (χ0) is 19.4. The van der Waals surface area contributed by atoms with Gasteiger partial charge in [-0.05, 0) is 39.2 Å². The summed E-state index contributed by atoms with van der Waals surface area (Å²) in [5.74, 6) is 2.62. The topological polar surface area (TPSA) is 96.2 Å². The van der Waals surface area contributed by atoms with Gasteiger partial charge < -0.3 is 20.5 Å². The molecule has 1 amide bonds. The molecular weight excluding hydrogens is 477 g/mol. The van der Waals surface area contributed by atoms with E-state index in [1.165, 1.54) is 0 Å². The monoisotopic (exact) mass is 511 g/mol. The highest BCUT2D eigenvalue weighted by atomic mass is 127. The van der Waals surface area contributed by atoms with Gasteiger partial charge >= 0.3 is 0 Å². The fourth-order valence-corrected chi connectivity index (χ4v) is 2.67. The lowest BCUT2D eigenvalue weighted by molar-refractivity contribution is -0.121. The third-order valence-electron chi connectivity index (χ3n) is 3.37. The van der Waals surface area contributed by atoms with Crippen LogP contribution >= 0.6 is 35.7 Å². The zero-order valence-corrected chi connectivity index (χ0v) is 20.2. The van der Waals surface area contributed by atoms with E-state index >= 15 is 0 Å². The summed E-state index contributed by atoms with van der Waals surface area (Å²) in [5, 5.41) is 17.5. The standard InChI is InChI=1S/C17H33N7OS.HI/c1-6-14-23-21-13-24(14)10-9-19-16(18-8-7-11-26-5)20-12-15(25)22-17(2,3)4;/h13H,6-12H2,1-5H3,(H,22,25)(H2,18,19,20);1H. The van der Waals surface area contributed by atoms with Crippen LogP contribution < -0.4 is 16.0 Å². The van der Waals surface area contributed by atoms with Gasteiger partial charge in [-0.25, -0.2) is 4.99 Å². The first-order chi connectivity index (χ1) is 12.4. The van der Waals surface area contributed by atoms with Crippen LogP contribution in [0.4, 0.5) is 0 Å². The molecule has 27 heavy (non-hydrogen) atoms. The molecule has 0 aromatic carbocycles. The normalized spacial score (nSPS) is 11.7. The van der Waals surface area contributed by atoms with Gasteiger partial charge in [0.1, 0.15) is 18.7 Å². The van der Waals surface area contributed by atoms with Crippen molar-refractivity contribution in [2.24, 2.45) is 4.99 Å². The number of hydrogen-bond donors (Lipinski definition) is 3. The highest BCUT2D eigenvalue weighted by Gasteiger charge is 2.13. The summed E-state index contributed by atoms with van der Waals surface area (Å²) in [6.45, 7) is 10.3. The van der Waals surface area contributed by atoms with Gasteiger partial charge in [0.2, 0.25) is 5.91 Å². The Morgan fingerprint density at radius 1 is 1.30 bits per heavy atom. The zero-order valence-electron chi connectivity index (χ0n) is 17.0. The van der Waals surface area contributed by atoms with Gasteiger partial charge in [0, 0.05) is 31.6 Å². The Balaban J connectivity index is 0.00000676. The summed E-state index contributed by atoms with van der Waals surface area (Å²) < 4.78 is 2.02. The van der Waals surface area contributed by atoms with E-state index in [-0.39, 0.29) is 42.0 Å². The summed E-state index contributed by atoms with van der Waals surface area (Å²) in [4.78, 5) is 16.4. The second-order valence-corrected chi connectivity index (χ2v) is 7.94. The van der Waals surface area contributed by atoms with E-state index in [2.05, 4.69) is 44.3 Å². The second kappa shape index (κ2) is 14.0. The fraction of sp³-hybridized carbons (Fsp3) is 0.765. The summed E-state index contributed by atoms with van der Waals surface area (Å²) in [6, 6.07) is 0. The number of thioether (sulfide) groups is 1. The summed E-state index contributed by atoms with van der Waals surface area (Å²) >= 11 is 1.82. The molecule has 1 rings (SSSR count). The number of aryl methyl sites for hydroxylation is 1. The van der Waals surface area contributed by atoms with Gasteiger partial charge in [-0.15, -0.1) is 34.2 Å². The SMILES string of the molecule is CCc1nncn1CCNC(=NCC(=O)NC(C)(C)C)NCCCSC.I. The van der Waals surface area contributed by atoms with Gasteiger partial charge in [0.25, 0.3) is 0 Å². The Kier molecular flexibility index (Phi) is 13.5. The molecule has 0 fully saturated rings. The number of halogens is 1. The van der Waals surface area contributed by atoms with Gasteiger partial charge in [0.15, 0.2) is 5.96 Å². The molecule has 0 aliphatic carbocycles. The van der Waals surface area contributed by atoms with Gasteiger partial charge in [-0.2, -0.15) is 11.8 Å². The number of guanidine groups is 1. The van der Waals surface area contributed by atoms with Crippen LogP contribution in [0.3, 0.4) is 0 Å². The largest absolute Gasteiger partial charge is 0.356 e. The number of hydrogen-bond acceptors (Lipinski definition) is 5. The number of nitrogens with one attached hydrogen (secondary N) is 3. The minimum atomic E-state index is -0.253. The van der Waals surface area contributed by atoms with Crippen molar-refractivity contribution >= 4 is 47.6 Å². The van der Waals surface area contributed by atoms with E-state index in [0.29, 0.717) is 12.5 Å². The molecule has 0 unspecified atom stereocenters. The van der Waals surface area contributed by atoms with Crippen LogP contribution in [0.15, 0.2) is 11.3 Å². The smallest absolute Gasteiger partial charge is 0.242 e. The third kappa shape index (κ3) is 12.1. The lowest BCUT2D eigenvalue weighted by atomic mass is 10.1. The Labute approximate surface area is 184 Å². The number of amides is 1. The van der Waals surface area contributed by atoms with Crippen LogP contribution in [0.25, 0.3) is 0 Å². The van der Waals surface area contributed by atoms with Gasteiger partial charge in [-0.3, -0.25) is 4.79 Å². The van der Waals surface area contributed by atoms with Gasteiger partial charge in [-0.1, -0.05) is 6.92 Å². The minimum Gasteiger partial charge on any atom is -0.356 e. The molecular formula is C17H34IN7OS. The van der Waals surface area contributed by atoms with Crippen LogP contribution in [0.1, 0.15) is 39.9 Å². The molecule has 1 aromatic rings. The van der Waals surface area contributed by atoms with Crippen LogP contribution in [-0.2, 0) is 17.8 Å². The number of nitrogens with zero attached hydrogens (tertiary/aromatic N) is 4. The Bertz CT molecular complexity index is 572. The van der Waals surface area contributed by atoms with Crippen LogP contribution in [0.2, 0.25) is 0 Å². The summed E-state index contributed by atoms with van der Waals surface area (Å²) in [7, 11) is 0. The first-order valence-corrected chi connectivity index (χ1v) is 10.4. The van der Waals surface area contributed by atoms with Crippen molar-refractivity contribution in [1.82, 2.24) is 30.7 Å². The highest BCUT2D eigenvalue weighted by molar-refractivity contribution is 14.0. The molecule has 0 bridgehead atoms. The van der Waals surface area contributed by atoms with E-state index in [1.54, 1.807) is 6.33 Å². The first-order valence-electron chi connectivity index (χ1n) is 9.04. The third-order valence-corrected chi connectivity index (χ3v) is 4.07. The van der Waals surface area contributed by atoms with Crippen molar-refractivity contribution in [3.63, 3.8) is 0 Å². The molecule has 156 valence electrons. The Morgan fingerprint density at radius 3 is 2.63 bits per heavy atom. The maximum absolute atomic E-state index is 12.0. The predicted octanol–water partition coefficient (Wildman–Crippen LogP) is 1.66. The van der Waals surface area contributed by atoms with Crippen molar-refractivity contribution in [1.29, 1.82) is 0 Å². The van der Waals surface area contributed by atoms with E-state index in [4.69, 9.17) is 0 Å². The van der Waals surface area contributed by atoms with Crippen molar-refractivity contribution in [2.45, 2.75) is 52.6 Å². The van der Waals surface area contributed by atoms with Crippen molar-refractivity contribution in [3.8, 4) is 0 Å². The van der Waals surface area contributed by atoms with E-state index in [9.17, 15) is 4.79 Å². The highest BCUT2D eigenvalue weighted by Crippen LogP contribution is 1.98. The maximum atomic E-state index is 12.0. The Hall–Kier alpha value is -1.04. The first kappa shape index (κ1) is 26.0. The molecule has 3 N–H and O–H groups in total. The number of rotatable bonds is 10. The molecule has 1 aromatic heterocycles. The number of carbonyl (C=O) groups is 1. The van der Waals surface area contributed by atoms with Crippen LogP contribution in [-0.4, -0.2) is 63.8 Å². The van der Waals surface area contributed by atoms with Crippen LogP contribution in [0, 0.1) is 0 Å². The predicted molar refractivity (Wildman–Crippen MR) is 124 cm³/mol. The van der Waals surface area contributed by atoms with Crippen molar-refractivity contribution < 1.29 is 4.79 Å². The molecule has 10 heteroatoms. The minimum absolute atomic E-state index is 0. The van der Waals surface area contributed by atoms with E-state index in [0.717, 1.165) is 37.5 Å². The molecule has 8 nitrogen and oxygen atoms in total. The fourth-order valence-electron chi connectivity index (χ4n) is 2.24. The number of aliphatic imine (C=N–C) groups is 1. The molecule has 0 aliphatic rings. The quantitative estimate of drug-likeness (QED) is 0.192. The van der Waals surface area contributed by atoms with E-state index in [1.807, 2.05) is 37.1 Å². The maximum Gasteiger partial charge on any atom is 0.242 e. The lowest BCUT2D eigenvalue weighted by Crippen LogP contribution is -2.43. The van der Waals surface area contributed by atoms with E-state index < -0.39 is 0 Å². The average molecular weight is 511 g/mol. The number of aromatic nitrogens is 3. The average Bonchev–Trinajstić information content (AvgIpc) is 3.01. The van der Waals surface area contributed by atoms with Crippen molar-refractivity contribution in [2.75, 3.05) is 31.6 Å². The molecule has 0 saturated carbocycles. The lowest BCUT2D eigenvalue weighted by Gasteiger charge is -2.20. The van der Waals surface area contributed by atoms with Gasteiger partial charge in [0.05, 0.1) is 0 Å². The molecule has 0 spiro atoms. The molecule has 0 saturated heterocycles. The Morgan fingerprint density at radius 2 is 2.00 bits per heavy atom. The second-order valence-electron chi connectivity index (χ2n) is 6.96. The molecule has 0 atom stereocenters. The summed E-state index contributed by atoms with van der Waals surface area (Å²) in [5.41, 5.74) is -0.253. The molecule has 0 aliphatic heterocycles. The number of carbonyl (C=O) groups excluding carboxylic acids is 1. The van der Waals surface area contributed by atoms with Crippen LogP contribution in [0.5, 0.6) is 0 Å².